The second-order valence-electron chi connectivity index (χ2n) is 2.99. The summed E-state index contributed by atoms with van der Waals surface area (Å²) >= 11 is 0. The Kier molecular flexibility index (Phi) is 7.91. The molecule has 0 bridgehead atoms. The third kappa shape index (κ3) is 7.79. The average Bonchev–Trinajstić information content (AvgIpc) is 2.01. The van der Waals surface area contributed by atoms with Crippen LogP contribution in [0.25, 0.3) is 0 Å². The molecule has 0 fully saturated rings. The topological polar surface area (TPSA) is 12.0 Å². The highest BCUT2D eigenvalue weighted by atomic mass is 19.1. The fraction of sp³-hybridized carbons (Fsp3) is 1.00. The summed E-state index contributed by atoms with van der Waals surface area (Å²) in [5.74, 6) is 0. The molecular formula is C9H20FN. The molecular weight excluding hydrogens is 141 g/mol. The largest absolute Gasteiger partial charge is 0.320 e. The highest BCUT2D eigenvalue weighted by Crippen LogP contribution is 2.09. The van der Waals surface area contributed by atoms with Crippen LogP contribution < -0.4 is 5.32 Å². The van der Waals surface area contributed by atoms with Crippen LogP contribution in [0.4, 0.5) is 4.39 Å². The first kappa shape index (κ1) is 10.9. The molecule has 0 rings (SSSR count). The molecule has 68 valence electrons. The van der Waals surface area contributed by atoms with Gasteiger partial charge in [0.2, 0.25) is 0 Å². The zero-order chi connectivity index (χ0) is 8.53. The molecule has 2 heteroatoms. The van der Waals surface area contributed by atoms with Crippen LogP contribution in [-0.4, -0.2) is 19.8 Å². The van der Waals surface area contributed by atoms with Crippen molar-refractivity contribution in [1.82, 2.24) is 5.32 Å². The van der Waals surface area contributed by atoms with E-state index in [9.17, 15) is 4.39 Å². The minimum absolute atomic E-state index is 0.566. The second-order valence-corrected chi connectivity index (χ2v) is 2.99. The van der Waals surface area contributed by atoms with Crippen LogP contribution in [0.1, 0.15) is 39.0 Å². The first-order valence-corrected chi connectivity index (χ1v) is 4.60. The van der Waals surface area contributed by atoms with Gasteiger partial charge in [-0.25, -0.2) is 4.39 Å². The third-order valence-electron chi connectivity index (χ3n) is 1.82. The van der Waals surface area contributed by atoms with Crippen LogP contribution in [0.15, 0.2) is 0 Å². The van der Waals surface area contributed by atoms with Crippen molar-refractivity contribution in [2.75, 3.05) is 13.6 Å². The second kappa shape index (κ2) is 7.99. The molecule has 0 saturated heterocycles. The van der Waals surface area contributed by atoms with E-state index in [-0.39, 0.29) is 0 Å². The van der Waals surface area contributed by atoms with Gasteiger partial charge in [-0.15, -0.1) is 0 Å². The monoisotopic (exact) mass is 161 g/mol. The lowest BCUT2D eigenvalue weighted by atomic mass is 10.1. The zero-order valence-corrected chi connectivity index (χ0v) is 7.70. The molecule has 0 heterocycles. The van der Waals surface area contributed by atoms with Gasteiger partial charge in [0.05, 0.1) is 0 Å². The molecule has 11 heavy (non-hydrogen) atoms. The minimum atomic E-state index is -0.566. The summed E-state index contributed by atoms with van der Waals surface area (Å²) in [4.78, 5) is 0. The average molecular weight is 161 g/mol. The van der Waals surface area contributed by atoms with Crippen molar-refractivity contribution in [2.24, 2.45) is 0 Å². The van der Waals surface area contributed by atoms with Crippen molar-refractivity contribution in [3.05, 3.63) is 0 Å². The fourth-order valence-electron chi connectivity index (χ4n) is 1.07. The summed E-state index contributed by atoms with van der Waals surface area (Å²) in [7, 11) is 1.90. The standard InChI is InChI=1S/C9H20FN/c1-3-4-6-9(10)7-5-8-11-2/h9,11H,3-8H2,1-2H3. The molecule has 1 atom stereocenters. The van der Waals surface area contributed by atoms with Gasteiger partial charge in [-0.3, -0.25) is 0 Å². The van der Waals surface area contributed by atoms with Crippen LogP contribution in [0.2, 0.25) is 0 Å². The van der Waals surface area contributed by atoms with E-state index in [1.54, 1.807) is 0 Å². The predicted octanol–water partition coefficient (Wildman–Crippen LogP) is 2.51. The molecule has 1 unspecified atom stereocenters. The molecule has 0 saturated carbocycles. The van der Waals surface area contributed by atoms with E-state index < -0.39 is 6.17 Å². The van der Waals surface area contributed by atoms with Crippen molar-refractivity contribution in [1.29, 1.82) is 0 Å². The number of alkyl halides is 1. The molecule has 0 aliphatic heterocycles. The normalized spacial score (nSPS) is 13.4. The molecule has 0 amide bonds. The molecule has 1 nitrogen and oxygen atoms in total. The molecule has 0 aromatic carbocycles. The molecule has 0 aliphatic carbocycles. The van der Waals surface area contributed by atoms with Crippen molar-refractivity contribution in [3.63, 3.8) is 0 Å². The van der Waals surface area contributed by atoms with Crippen molar-refractivity contribution in [3.8, 4) is 0 Å². The van der Waals surface area contributed by atoms with Crippen LogP contribution in [0.5, 0.6) is 0 Å². The Hall–Kier alpha value is -0.110. The van der Waals surface area contributed by atoms with Gasteiger partial charge in [0.25, 0.3) is 0 Å². The third-order valence-corrected chi connectivity index (χ3v) is 1.82. The Labute approximate surface area is 69.4 Å². The van der Waals surface area contributed by atoms with E-state index in [2.05, 4.69) is 12.2 Å². The predicted molar refractivity (Wildman–Crippen MR) is 47.6 cm³/mol. The highest BCUT2D eigenvalue weighted by molar-refractivity contribution is 4.56. The smallest absolute Gasteiger partial charge is 0.100 e. The van der Waals surface area contributed by atoms with Gasteiger partial charge in [0, 0.05) is 0 Å². The molecule has 1 N–H and O–H groups in total. The fourth-order valence-corrected chi connectivity index (χ4v) is 1.07. The van der Waals surface area contributed by atoms with Crippen molar-refractivity contribution in [2.45, 2.75) is 45.2 Å². The van der Waals surface area contributed by atoms with Gasteiger partial charge in [-0.05, 0) is 32.9 Å². The maximum atomic E-state index is 12.9. The number of unbranched alkanes of at least 4 members (excludes halogenated alkanes) is 1. The van der Waals surface area contributed by atoms with Crippen LogP contribution in [0, 0.1) is 0 Å². The van der Waals surface area contributed by atoms with E-state index >= 15 is 0 Å². The Morgan fingerprint density at radius 3 is 2.45 bits per heavy atom. The quantitative estimate of drug-likeness (QED) is 0.566. The van der Waals surface area contributed by atoms with Crippen molar-refractivity contribution >= 4 is 0 Å². The van der Waals surface area contributed by atoms with Gasteiger partial charge in [-0.2, -0.15) is 0 Å². The summed E-state index contributed by atoms with van der Waals surface area (Å²) in [6.07, 6.45) is 4.00. The number of hydrogen-bond donors (Lipinski definition) is 1. The summed E-state index contributed by atoms with van der Waals surface area (Å²) in [5, 5.41) is 3.01. The van der Waals surface area contributed by atoms with Crippen LogP contribution in [-0.2, 0) is 0 Å². The van der Waals surface area contributed by atoms with E-state index in [0.717, 1.165) is 38.6 Å². The molecule has 0 aromatic heterocycles. The first-order chi connectivity index (χ1) is 5.31. The van der Waals surface area contributed by atoms with Gasteiger partial charge in [-0.1, -0.05) is 19.8 Å². The first-order valence-electron chi connectivity index (χ1n) is 4.60. The summed E-state index contributed by atoms with van der Waals surface area (Å²) in [6, 6.07) is 0. The van der Waals surface area contributed by atoms with Crippen LogP contribution in [0.3, 0.4) is 0 Å². The molecule has 0 spiro atoms. The van der Waals surface area contributed by atoms with E-state index in [1.165, 1.54) is 0 Å². The summed E-state index contributed by atoms with van der Waals surface area (Å²) in [6.45, 7) is 3.03. The lowest BCUT2D eigenvalue weighted by molar-refractivity contribution is 0.284. The number of halogens is 1. The number of nitrogens with one attached hydrogen (secondary N) is 1. The van der Waals surface area contributed by atoms with Gasteiger partial charge in [0.1, 0.15) is 6.17 Å². The highest BCUT2D eigenvalue weighted by Gasteiger charge is 2.03. The summed E-state index contributed by atoms with van der Waals surface area (Å²) < 4.78 is 12.9. The van der Waals surface area contributed by atoms with E-state index in [4.69, 9.17) is 0 Å². The lowest BCUT2D eigenvalue weighted by Crippen LogP contribution is -2.10. The van der Waals surface area contributed by atoms with Crippen LogP contribution >= 0.6 is 0 Å². The van der Waals surface area contributed by atoms with Gasteiger partial charge >= 0.3 is 0 Å². The number of hydrogen-bond acceptors (Lipinski definition) is 1. The van der Waals surface area contributed by atoms with Gasteiger partial charge in [0.15, 0.2) is 0 Å². The molecule has 0 aromatic rings. The zero-order valence-electron chi connectivity index (χ0n) is 7.70. The van der Waals surface area contributed by atoms with E-state index in [1.807, 2.05) is 7.05 Å². The minimum Gasteiger partial charge on any atom is -0.320 e. The van der Waals surface area contributed by atoms with Crippen molar-refractivity contribution < 1.29 is 4.39 Å². The Morgan fingerprint density at radius 1 is 1.27 bits per heavy atom. The Bertz CT molecular complexity index is 76.0. The number of rotatable bonds is 7. The Morgan fingerprint density at radius 2 is 1.91 bits per heavy atom. The maximum absolute atomic E-state index is 12.9. The molecule has 0 radical (unpaired) electrons. The van der Waals surface area contributed by atoms with Gasteiger partial charge < -0.3 is 5.32 Å². The maximum Gasteiger partial charge on any atom is 0.100 e. The lowest BCUT2D eigenvalue weighted by Gasteiger charge is -2.05. The summed E-state index contributed by atoms with van der Waals surface area (Å²) in [5.41, 5.74) is 0. The van der Waals surface area contributed by atoms with E-state index in [0.29, 0.717) is 0 Å². The Balaban J connectivity index is 3.02. The SMILES string of the molecule is CCCCC(F)CCCNC. The molecule has 0 aliphatic rings.